The molecule has 0 atom stereocenters. The smallest absolute Gasteiger partial charge is 0.308 e. The Kier molecular flexibility index (Phi) is 7.33. The fourth-order valence-electron chi connectivity index (χ4n) is 6.38. The molecule has 0 aliphatic rings. The van der Waals surface area contributed by atoms with E-state index < -0.39 is 11.7 Å². The molecule has 0 unspecified atom stereocenters. The lowest BCUT2D eigenvalue weighted by Crippen LogP contribution is -2.05. The quantitative estimate of drug-likeness (QED) is 0.187. The van der Waals surface area contributed by atoms with Crippen molar-refractivity contribution in [3.05, 3.63) is 156 Å². The maximum Gasteiger partial charge on any atom is 0.416 e. The monoisotopic (exact) mass is 646 g/mol. The standard InChI is InChI=1S/C42H29F3N4/c1-26-13-21-36-34(23-26)35-24-27(2)14-22-37(35)49(36)38-25-31(28-15-18-32(19-16-28)42(43,44)45)17-20-33(38)41-47-39(29-9-5-3-6-10-29)46-40(48-41)30-11-7-4-8-12-30/h3-25H,1-2H3. The Bertz CT molecular complexity index is 2370. The first-order valence-corrected chi connectivity index (χ1v) is 15.9. The van der Waals surface area contributed by atoms with Gasteiger partial charge in [-0.1, -0.05) is 102 Å². The summed E-state index contributed by atoms with van der Waals surface area (Å²) in [5, 5.41) is 2.21. The Morgan fingerprint density at radius 1 is 0.469 bits per heavy atom. The normalized spacial score (nSPS) is 11.8. The van der Waals surface area contributed by atoms with Crippen molar-refractivity contribution in [1.82, 2.24) is 19.5 Å². The van der Waals surface area contributed by atoms with Gasteiger partial charge in [-0.15, -0.1) is 0 Å². The number of halogens is 3. The van der Waals surface area contributed by atoms with Crippen LogP contribution in [0, 0.1) is 13.8 Å². The van der Waals surface area contributed by atoms with E-state index in [1.807, 2.05) is 78.9 Å². The maximum atomic E-state index is 13.5. The average Bonchev–Trinajstić information content (AvgIpc) is 3.44. The molecule has 8 aromatic rings. The van der Waals surface area contributed by atoms with Crippen molar-refractivity contribution in [2.24, 2.45) is 0 Å². The lowest BCUT2D eigenvalue weighted by molar-refractivity contribution is -0.137. The Morgan fingerprint density at radius 2 is 0.959 bits per heavy atom. The van der Waals surface area contributed by atoms with Gasteiger partial charge in [0.25, 0.3) is 0 Å². The van der Waals surface area contributed by atoms with E-state index >= 15 is 0 Å². The third-order valence-electron chi connectivity index (χ3n) is 8.80. The Morgan fingerprint density at radius 3 is 1.47 bits per heavy atom. The molecule has 0 bridgehead atoms. The molecule has 238 valence electrons. The number of rotatable bonds is 5. The molecule has 0 N–H and O–H groups in total. The minimum atomic E-state index is -4.42. The third-order valence-corrected chi connectivity index (χ3v) is 8.80. The van der Waals surface area contributed by atoms with Gasteiger partial charge in [-0.25, -0.2) is 15.0 Å². The molecule has 2 aromatic heterocycles. The van der Waals surface area contributed by atoms with Crippen LogP contribution in [0.3, 0.4) is 0 Å². The number of aryl methyl sites for hydroxylation is 2. The van der Waals surface area contributed by atoms with Gasteiger partial charge in [0.15, 0.2) is 17.5 Å². The molecule has 0 saturated heterocycles. The first-order valence-electron chi connectivity index (χ1n) is 15.9. The molecule has 0 aliphatic heterocycles. The second-order valence-corrected chi connectivity index (χ2v) is 12.2. The zero-order valence-corrected chi connectivity index (χ0v) is 26.7. The van der Waals surface area contributed by atoms with Crippen molar-refractivity contribution in [2.75, 3.05) is 0 Å². The molecule has 0 radical (unpaired) electrons. The van der Waals surface area contributed by atoms with Crippen LogP contribution in [-0.4, -0.2) is 19.5 Å². The molecule has 0 aliphatic carbocycles. The van der Waals surface area contributed by atoms with Gasteiger partial charge in [-0.2, -0.15) is 13.2 Å². The van der Waals surface area contributed by atoms with Gasteiger partial charge < -0.3 is 4.57 Å². The molecular weight excluding hydrogens is 617 g/mol. The summed E-state index contributed by atoms with van der Waals surface area (Å²) in [4.78, 5) is 15.0. The molecular formula is C42H29F3N4. The zero-order valence-electron chi connectivity index (χ0n) is 26.7. The van der Waals surface area contributed by atoms with Crippen molar-refractivity contribution in [1.29, 1.82) is 0 Å². The van der Waals surface area contributed by atoms with Crippen molar-refractivity contribution in [3.8, 4) is 51.0 Å². The van der Waals surface area contributed by atoms with E-state index in [2.05, 4.69) is 54.8 Å². The van der Waals surface area contributed by atoms with Gasteiger partial charge in [0.05, 0.1) is 22.3 Å². The number of benzene rings is 6. The van der Waals surface area contributed by atoms with E-state index in [4.69, 9.17) is 15.0 Å². The minimum Gasteiger partial charge on any atom is -0.308 e. The van der Waals surface area contributed by atoms with E-state index in [0.29, 0.717) is 23.0 Å². The van der Waals surface area contributed by atoms with Gasteiger partial charge in [0.2, 0.25) is 0 Å². The van der Waals surface area contributed by atoms with Crippen molar-refractivity contribution in [3.63, 3.8) is 0 Å². The van der Waals surface area contributed by atoms with Crippen molar-refractivity contribution < 1.29 is 13.2 Å². The summed E-state index contributed by atoms with van der Waals surface area (Å²) in [6, 6.07) is 43.6. The van der Waals surface area contributed by atoms with Gasteiger partial charge in [-0.3, -0.25) is 0 Å². The Labute approximate surface area is 281 Å². The second kappa shape index (κ2) is 11.9. The Hall–Kier alpha value is -6.08. The zero-order chi connectivity index (χ0) is 33.7. The predicted octanol–water partition coefficient (Wildman–Crippen LogP) is 11.3. The number of hydrogen-bond donors (Lipinski definition) is 0. The van der Waals surface area contributed by atoms with Crippen LogP contribution in [0.25, 0.3) is 72.8 Å². The van der Waals surface area contributed by atoms with Crippen LogP contribution < -0.4 is 0 Å². The van der Waals surface area contributed by atoms with Crippen molar-refractivity contribution in [2.45, 2.75) is 20.0 Å². The first kappa shape index (κ1) is 30.3. The summed E-state index contributed by atoms with van der Waals surface area (Å²) in [5.74, 6) is 1.56. The summed E-state index contributed by atoms with van der Waals surface area (Å²) in [6.07, 6.45) is -4.42. The number of aromatic nitrogens is 4. The molecule has 6 aromatic carbocycles. The fraction of sp³-hybridized carbons (Fsp3) is 0.0714. The van der Waals surface area contributed by atoms with E-state index in [1.165, 1.54) is 12.1 Å². The molecule has 7 heteroatoms. The molecule has 0 spiro atoms. The lowest BCUT2D eigenvalue weighted by Gasteiger charge is -2.17. The van der Waals surface area contributed by atoms with E-state index in [9.17, 15) is 13.2 Å². The molecule has 8 rings (SSSR count). The van der Waals surface area contributed by atoms with Crippen LogP contribution in [0.5, 0.6) is 0 Å². The van der Waals surface area contributed by atoms with Crippen LogP contribution in [0.15, 0.2) is 140 Å². The fourth-order valence-corrected chi connectivity index (χ4v) is 6.38. The second-order valence-electron chi connectivity index (χ2n) is 12.2. The highest BCUT2D eigenvalue weighted by Crippen LogP contribution is 2.39. The maximum absolute atomic E-state index is 13.5. The van der Waals surface area contributed by atoms with Crippen LogP contribution in [-0.2, 0) is 6.18 Å². The molecule has 49 heavy (non-hydrogen) atoms. The third kappa shape index (κ3) is 5.63. The van der Waals surface area contributed by atoms with Crippen LogP contribution >= 0.6 is 0 Å². The molecule has 4 nitrogen and oxygen atoms in total. The largest absolute Gasteiger partial charge is 0.416 e. The Balaban J connectivity index is 1.43. The minimum absolute atomic E-state index is 0.482. The van der Waals surface area contributed by atoms with Crippen LogP contribution in [0.1, 0.15) is 16.7 Å². The van der Waals surface area contributed by atoms with Crippen LogP contribution in [0.4, 0.5) is 13.2 Å². The lowest BCUT2D eigenvalue weighted by atomic mass is 10.00. The summed E-state index contributed by atoms with van der Waals surface area (Å²) >= 11 is 0. The highest BCUT2D eigenvalue weighted by atomic mass is 19.4. The van der Waals surface area contributed by atoms with E-state index in [1.54, 1.807) is 0 Å². The number of hydrogen-bond acceptors (Lipinski definition) is 3. The number of fused-ring (bicyclic) bond motifs is 3. The molecule has 2 heterocycles. The summed E-state index contributed by atoms with van der Waals surface area (Å²) in [5.41, 5.74) is 8.29. The van der Waals surface area contributed by atoms with E-state index in [0.717, 1.165) is 73.0 Å². The number of nitrogens with zero attached hydrogens (tertiary/aromatic N) is 4. The molecule has 0 saturated carbocycles. The van der Waals surface area contributed by atoms with Crippen molar-refractivity contribution >= 4 is 21.8 Å². The van der Waals surface area contributed by atoms with Crippen LogP contribution in [0.2, 0.25) is 0 Å². The van der Waals surface area contributed by atoms with Gasteiger partial charge in [0.1, 0.15) is 0 Å². The summed E-state index contributed by atoms with van der Waals surface area (Å²) < 4.78 is 42.6. The average molecular weight is 647 g/mol. The van der Waals surface area contributed by atoms with E-state index in [-0.39, 0.29) is 0 Å². The molecule has 0 amide bonds. The highest BCUT2D eigenvalue weighted by Gasteiger charge is 2.30. The van der Waals surface area contributed by atoms with Gasteiger partial charge in [-0.05, 0) is 73.5 Å². The van der Waals surface area contributed by atoms with Gasteiger partial charge >= 0.3 is 6.18 Å². The predicted molar refractivity (Wildman–Crippen MR) is 190 cm³/mol. The summed E-state index contributed by atoms with van der Waals surface area (Å²) in [7, 11) is 0. The SMILES string of the molecule is Cc1ccc2c(c1)c1cc(C)ccc1n2-c1cc(-c2ccc(C(F)(F)F)cc2)ccc1-c1nc(-c2ccccc2)nc(-c2ccccc2)n1. The summed E-state index contributed by atoms with van der Waals surface area (Å²) in [6.45, 7) is 4.16. The number of alkyl halides is 3. The first-order chi connectivity index (χ1) is 23.7. The highest BCUT2D eigenvalue weighted by molar-refractivity contribution is 6.10. The topological polar surface area (TPSA) is 43.6 Å². The van der Waals surface area contributed by atoms with Gasteiger partial charge in [0, 0.05) is 27.5 Å². The molecule has 0 fully saturated rings.